The summed E-state index contributed by atoms with van der Waals surface area (Å²) in [6.45, 7) is 11.7. The number of aromatic hydroxyl groups is 2. The molecule has 0 aliphatic heterocycles. The lowest BCUT2D eigenvalue weighted by Gasteiger charge is -2.29. The van der Waals surface area contributed by atoms with Crippen LogP contribution in [0.4, 0.5) is 0 Å². The highest BCUT2D eigenvalue weighted by molar-refractivity contribution is 5.46. The first kappa shape index (κ1) is 27.0. The number of phenolic OH excluding ortho intramolecular Hbond substituents is 2. The second kappa shape index (κ2) is 12.7. The van der Waals surface area contributed by atoms with Crippen LogP contribution in [0.5, 0.6) is 11.5 Å². The number of allylic oxidation sites excluding steroid dienone is 6. The summed E-state index contributed by atoms with van der Waals surface area (Å²) in [5, 5.41) is 40.8. The number of phenols is 2. The summed E-state index contributed by atoms with van der Waals surface area (Å²) in [7, 11) is 0. The van der Waals surface area contributed by atoms with Crippen molar-refractivity contribution in [2.75, 3.05) is 0 Å². The van der Waals surface area contributed by atoms with Gasteiger partial charge in [0.2, 0.25) is 0 Å². The molecule has 0 heterocycles. The highest BCUT2D eigenvalue weighted by Crippen LogP contribution is 2.28. The Kier molecular flexibility index (Phi) is 11.1. The average molecular weight is 431 g/mol. The van der Waals surface area contributed by atoms with Gasteiger partial charge in [0.25, 0.3) is 0 Å². The first-order valence-corrected chi connectivity index (χ1v) is 11.3. The van der Waals surface area contributed by atoms with Crippen LogP contribution >= 0.6 is 0 Å². The number of aliphatic hydroxyl groups is 2. The van der Waals surface area contributed by atoms with Crippen LogP contribution in [-0.4, -0.2) is 32.1 Å². The van der Waals surface area contributed by atoms with Gasteiger partial charge in [0.1, 0.15) is 11.5 Å². The molecule has 31 heavy (non-hydrogen) atoms. The van der Waals surface area contributed by atoms with Crippen LogP contribution in [-0.2, 0) is 6.42 Å². The molecule has 0 radical (unpaired) electrons. The predicted molar refractivity (Wildman–Crippen MR) is 129 cm³/mol. The largest absolute Gasteiger partial charge is 0.508 e. The monoisotopic (exact) mass is 430 g/mol. The third-order valence-corrected chi connectivity index (χ3v) is 5.80. The summed E-state index contributed by atoms with van der Waals surface area (Å²) in [5.41, 5.74) is 4.01. The quantitative estimate of drug-likeness (QED) is 0.233. The second-order valence-corrected chi connectivity index (χ2v) is 9.35. The zero-order valence-corrected chi connectivity index (χ0v) is 20.2. The number of benzene rings is 1. The van der Waals surface area contributed by atoms with E-state index in [2.05, 4.69) is 32.1 Å². The summed E-state index contributed by atoms with van der Waals surface area (Å²) in [6.07, 6.45) is 10.7. The van der Waals surface area contributed by atoms with Gasteiger partial charge < -0.3 is 20.4 Å². The Labute approximate surface area is 188 Å². The number of aliphatic hydroxyl groups excluding tert-OH is 1. The number of aryl methyl sites for hydroxylation is 1. The molecule has 1 aromatic rings. The van der Waals surface area contributed by atoms with E-state index in [1.165, 1.54) is 16.7 Å². The van der Waals surface area contributed by atoms with Crippen molar-refractivity contribution in [3.63, 3.8) is 0 Å². The summed E-state index contributed by atoms with van der Waals surface area (Å²) in [5.74, 6) is 0.418. The highest BCUT2D eigenvalue weighted by Gasteiger charge is 2.28. The van der Waals surface area contributed by atoms with Crippen molar-refractivity contribution in [3.05, 3.63) is 58.2 Å². The van der Waals surface area contributed by atoms with E-state index in [0.717, 1.165) is 31.2 Å². The molecule has 2 atom stereocenters. The molecule has 4 nitrogen and oxygen atoms in total. The first-order chi connectivity index (χ1) is 14.4. The van der Waals surface area contributed by atoms with Crippen LogP contribution in [0.3, 0.4) is 0 Å². The van der Waals surface area contributed by atoms with E-state index in [0.29, 0.717) is 24.8 Å². The van der Waals surface area contributed by atoms with Gasteiger partial charge in [-0.25, -0.2) is 0 Å². The van der Waals surface area contributed by atoms with Gasteiger partial charge in [-0.1, -0.05) is 34.9 Å². The van der Waals surface area contributed by atoms with Crippen molar-refractivity contribution in [2.45, 2.75) is 98.2 Å². The maximum Gasteiger partial charge on any atom is 0.122 e. The predicted octanol–water partition coefficient (Wildman–Crippen LogP) is 6.26. The average Bonchev–Trinajstić information content (AvgIpc) is 2.67. The molecule has 0 spiro atoms. The first-order valence-electron chi connectivity index (χ1n) is 11.3. The van der Waals surface area contributed by atoms with E-state index in [9.17, 15) is 20.4 Å². The maximum atomic E-state index is 10.5. The summed E-state index contributed by atoms with van der Waals surface area (Å²) >= 11 is 0. The molecule has 0 saturated heterocycles. The third-order valence-electron chi connectivity index (χ3n) is 5.80. The molecule has 0 fully saturated rings. The van der Waals surface area contributed by atoms with Crippen LogP contribution < -0.4 is 0 Å². The molecule has 0 aliphatic rings. The lowest BCUT2D eigenvalue weighted by Crippen LogP contribution is -2.39. The Hall–Kier alpha value is -2.04. The Morgan fingerprint density at radius 3 is 2.26 bits per heavy atom. The zero-order chi connectivity index (χ0) is 23.6. The Balaban J connectivity index is 2.46. The smallest absolute Gasteiger partial charge is 0.122 e. The fourth-order valence-electron chi connectivity index (χ4n) is 3.52. The van der Waals surface area contributed by atoms with Crippen LogP contribution in [0.25, 0.3) is 0 Å². The topological polar surface area (TPSA) is 80.9 Å². The van der Waals surface area contributed by atoms with Gasteiger partial charge in [-0.2, -0.15) is 0 Å². The molecule has 2 unspecified atom stereocenters. The van der Waals surface area contributed by atoms with Crippen molar-refractivity contribution in [2.24, 2.45) is 0 Å². The van der Waals surface area contributed by atoms with E-state index >= 15 is 0 Å². The molecular formula is C27H42O4. The van der Waals surface area contributed by atoms with Gasteiger partial charge >= 0.3 is 0 Å². The van der Waals surface area contributed by atoms with Crippen molar-refractivity contribution >= 4 is 0 Å². The molecule has 1 rings (SSSR count). The van der Waals surface area contributed by atoms with Gasteiger partial charge in [-0.05, 0) is 104 Å². The van der Waals surface area contributed by atoms with Crippen molar-refractivity contribution < 1.29 is 20.4 Å². The summed E-state index contributed by atoms with van der Waals surface area (Å²) in [6, 6.07) is 3.17. The van der Waals surface area contributed by atoms with Crippen LogP contribution in [0, 0.1) is 6.92 Å². The Morgan fingerprint density at radius 1 is 0.968 bits per heavy atom. The number of hydrogen-bond acceptors (Lipinski definition) is 4. The fraction of sp³-hybridized carbons (Fsp3) is 0.556. The maximum absolute atomic E-state index is 10.5. The minimum absolute atomic E-state index is 0.174. The molecule has 174 valence electrons. The van der Waals surface area contributed by atoms with Gasteiger partial charge in [0.15, 0.2) is 0 Å². The fourth-order valence-corrected chi connectivity index (χ4v) is 3.52. The third kappa shape index (κ3) is 10.2. The molecule has 0 aromatic heterocycles. The molecule has 0 saturated carbocycles. The normalized spacial score (nSPS) is 15.5. The lowest BCUT2D eigenvalue weighted by molar-refractivity contribution is -0.0691. The molecule has 4 N–H and O–H groups in total. The van der Waals surface area contributed by atoms with Crippen LogP contribution in [0.15, 0.2) is 47.1 Å². The van der Waals surface area contributed by atoms with E-state index in [1.807, 2.05) is 13.8 Å². The van der Waals surface area contributed by atoms with Crippen molar-refractivity contribution in [3.8, 4) is 11.5 Å². The minimum atomic E-state index is -1.07. The molecule has 1 aromatic carbocycles. The zero-order valence-electron chi connectivity index (χ0n) is 20.2. The molecule has 0 bridgehead atoms. The van der Waals surface area contributed by atoms with Crippen LogP contribution in [0.1, 0.15) is 84.3 Å². The molecule has 0 aliphatic carbocycles. The summed E-state index contributed by atoms with van der Waals surface area (Å²) < 4.78 is 0. The van der Waals surface area contributed by atoms with Gasteiger partial charge in [-0.3, -0.25) is 0 Å². The highest BCUT2D eigenvalue weighted by atomic mass is 16.3. The SMILES string of the molecule is CC(C)=CCCC(C)(O)C(O)CC/C(C)=C/CC/C(C)=C/Cc1cc(O)cc(C)c1O. The lowest BCUT2D eigenvalue weighted by atomic mass is 9.89. The van der Waals surface area contributed by atoms with Crippen molar-refractivity contribution in [1.29, 1.82) is 0 Å². The van der Waals surface area contributed by atoms with E-state index in [4.69, 9.17) is 0 Å². The second-order valence-electron chi connectivity index (χ2n) is 9.35. The number of hydrogen-bond donors (Lipinski definition) is 4. The van der Waals surface area contributed by atoms with Crippen molar-refractivity contribution in [1.82, 2.24) is 0 Å². The molecule has 4 heteroatoms. The van der Waals surface area contributed by atoms with Crippen LogP contribution in [0.2, 0.25) is 0 Å². The Morgan fingerprint density at radius 2 is 1.61 bits per heavy atom. The van der Waals surface area contributed by atoms with Gasteiger partial charge in [0.05, 0.1) is 11.7 Å². The standard InChI is InChI=1S/C27H42O4/c1-19(2)9-8-16-27(6,31)25(29)15-13-21(4)11-7-10-20(3)12-14-23-18-24(28)17-22(5)26(23)30/h9,11-12,17-18,25,28-31H,7-8,10,13-16H2,1-6H3/b20-12+,21-11+. The molecular weight excluding hydrogens is 388 g/mol. The summed E-state index contributed by atoms with van der Waals surface area (Å²) in [4.78, 5) is 0. The Bertz CT molecular complexity index is 796. The molecule has 0 amide bonds. The number of rotatable bonds is 12. The van der Waals surface area contributed by atoms with E-state index in [-0.39, 0.29) is 11.5 Å². The van der Waals surface area contributed by atoms with E-state index < -0.39 is 11.7 Å². The van der Waals surface area contributed by atoms with Gasteiger partial charge in [0, 0.05) is 5.56 Å². The minimum Gasteiger partial charge on any atom is -0.508 e. The van der Waals surface area contributed by atoms with E-state index in [1.54, 1.807) is 26.0 Å². The van der Waals surface area contributed by atoms with Gasteiger partial charge in [-0.15, -0.1) is 0 Å².